The first-order valence-corrected chi connectivity index (χ1v) is 9.91. The van der Waals surface area contributed by atoms with Crippen LogP contribution in [0.3, 0.4) is 0 Å². The van der Waals surface area contributed by atoms with Gasteiger partial charge in [0.05, 0.1) is 17.5 Å². The number of nitrogens with zero attached hydrogens (tertiary/aromatic N) is 4. The number of hydrogen-bond donors (Lipinski definition) is 2. The Morgan fingerprint density at radius 1 is 1.25 bits per heavy atom. The highest BCUT2D eigenvalue weighted by Crippen LogP contribution is 2.27. The third-order valence-corrected chi connectivity index (χ3v) is 5.24. The molecule has 0 atom stereocenters. The van der Waals surface area contributed by atoms with E-state index in [2.05, 4.69) is 32.5 Å². The molecule has 0 unspecified atom stereocenters. The first-order chi connectivity index (χ1) is 13.3. The minimum atomic E-state index is -0.124. The van der Waals surface area contributed by atoms with Crippen molar-refractivity contribution in [3.05, 3.63) is 34.2 Å². The third kappa shape index (κ3) is 4.28. The number of piperidine rings is 1. The Bertz CT molecular complexity index is 957. The molecule has 3 aromatic heterocycles. The van der Waals surface area contributed by atoms with Crippen LogP contribution >= 0.6 is 12.4 Å². The van der Waals surface area contributed by atoms with Gasteiger partial charge in [0.25, 0.3) is 5.56 Å². The van der Waals surface area contributed by atoms with Crippen molar-refractivity contribution in [2.45, 2.75) is 57.8 Å². The van der Waals surface area contributed by atoms with Crippen LogP contribution in [0.5, 0.6) is 0 Å². The van der Waals surface area contributed by atoms with Gasteiger partial charge in [0.1, 0.15) is 5.65 Å². The van der Waals surface area contributed by atoms with E-state index in [0.717, 1.165) is 50.9 Å². The van der Waals surface area contributed by atoms with Crippen molar-refractivity contribution in [3.8, 4) is 11.4 Å². The Morgan fingerprint density at radius 3 is 2.86 bits per heavy atom. The minimum Gasteiger partial charge on any atom is -0.339 e. The first kappa shape index (κ1) is 20.5. The average molecular weight is 407 g/mol. The fourth-order valence-electron chi connectivity index (χ4n) is 3.75. The maximum Gasteiger partial charge on any atom is 0.251 e. The summed E-state index contributed by atoms with van der Waals surface area (Å²) in [5, 5.41) is 12.0. The topological polar surface area (TPSA) is 101 Å². The van der Waals surface area contributed by atoms with Crippen molar-refractivity contribution in [2.24, 2.45) is 0 Å². The second-order valence-electron chi connectivity index (χ2n) is 7.22. The van der Waals surface area contributed by atoms with Crippen LogP contribution in [0.15, 0.2) is 21.6 Å². The molecule has 0 bridgehead atoms. The van der Waals surface area contributed by atoms with Crippen LogP contribution in [0.1, 0.15) is 63.0 Å². The molecule has 152 valence electrons. The number of fused-ring (bicyclic) bond motifs is 1. The van der Waals surface area contributed by atoms with Gasteiger partial charge in [0.2, 0.25) is 11.7 Å². The van der Waals surface area contributed by atoms with Gasteiger partial charge in [-0.2, -0.15) is 10.1 Å². The van der Waals surface area contributed by atoms with Crippen molar-refractivity contribution in [1.29, 1.82) is 0 Å². The van der Waals surface area contributed by atoms with Crippen molar-refractivity contribution >= 4 is 18.1 Å². The van der Waals surface area contributed by atoms with E-state index in [9.17, 15) is 4.79 Å². The zero-order valence-electron chi connectivity index (χ0n) is 16.1. The summed E-state index contributed by atoms with van der Waals surface area (Å²) in [6.45, 7) is 4.10. The molecule has 2 N–H and O–H groups in total. The highest BCUT2D eigenvalue weighted by Gasteiger charge is 2.22. The lowest BCUT2D eigenvalue weighted by molar-refractivity contribution is 0.374. The maximum absolute atomic E-state index is 12.3. The smallest absolute Gasteiger partial charge is 0.251 e. The number of H-pyrrole nitrogens is 1. The summed E-state index contributed by atoms with van der Waals surface area (Å²) in [7, 11) is 0. The summed E-state index contributed by atoms with van der Waals surface area (Å²) < 4.78 is 7.22. The zero-order chi connectivity index (χ0) is 18.6. The molecule has 1 fully saturated rings. The van der Waals surface area contributed by atoms with Gasteiger partial charge in [0.15, 0.2) is 0 Å². The molecule has 4 rings (SSSR count). The van der Waals surface area contributed by atoms with Gasteiger partial charge < -0.3 is 14.8 Å². The highest BCUT2D eigenvalue weighted by atomic mass is 35.5. The molecule has 9 heteroatoms. The Morgan fingerprint density at radius 2 is 2.07 bits per heavy atom. The van der Waals surface area contributed by atoms with E-state index < -0.39 is 0 Å². The van der Waals surface area contributed by atoms with Gasteiger partial charge in [0, 0.05) is 18.4 Å². The molecule has 0 aliphatic carbocycles. The van der Waals surface area contributed by atoms with Crippen molar-refractivity contribution in [3.63, 3.8) is 0 Å². The van der Waals surface area contributed by atoms with Crippen molar-refractivity contribution < 1.29 is 4.52 Å². The van der Waals surface area contributed by atoms with E-state index in [-0.39, 0.29) is 18.0 Å². The number of aryl methyl sites for hydroxylation is 1. The molecule has 0 saturated carbocycles. The second-order valence-corrected chi connectivity index (χ2v) is 7.22. The lowest BCUT2D eigenvalue weighted by Crippen LogP contribution is -2.28. The molecule has 0 aromatic carbocycles. The average Bonchev–Trinajstić information content (AvgIpc) is 3.32. The number of halogens is 1. The van der Waals surface area contributed by atoms with E-state index >= 15 is 0 Å². The van der Waals surface area contributed by atoms with Crippen LogP contribution in [0.25, 0.3) is 17.0 Å². The Balaban J connectivity index is 0.00000225. The van der Waals surface area contributed by atoms with Crippen LogP contribution in [0, 0.1) is 0 Å². The predicted octanol–water partition coefficient (Wildman–Crippen LogP) is 3.08. The summed E-state index contributed by atoms with van der Waals surface area (Å²) >= 11 is 0. The largest absolute Gasteiger partial charge is 0.339 e. The molecule has 0 spiro atoms. The van der Waals surface area contributed by atoms with Crippen LogP contribution in [-0.2, 0) is 6.42 Å². The highest BCUT2D eigenvalue weighted by molar-refractivity contribution is 5.85. The molecule has 0 radical (unpaired) electrons. The molecule has 28 heavy (non-hydrogen) atoms. The quantitative estimate of drug-likeness (QED) is 0.584. The van der Waals surface area contributed by atoms with E-state index in [1.807, 2.05) is 4.52 Å². The minimum absolute atomic E-state index is 0. The molecule has 1 saturated heterocycles. The molecule has 0 amide bonds. The standard InChI is InChI=1S/C19H26N6O2.ClH/c1-2-3-4-5-6-17-23-18(24-27-17)14-12-21-25-15(11-16(26)22-19(14)25)13-7-9-20-10-8-13;/h11-13,20H,2-10H2,1H3,(H,22,26);1H. The Labute approximate surface area is 169 Å². The van der Waals surface area contributed by atoms with Crippen LogP contribution < -0.4 is 10.9 Å². The molecule has 1 aliphatic heterocycles. The summed E-state index contributed by atoms with van der Waals surface area (Å²) in [6.07, 6.45) is 9.11. The van der Waals surface area contributed by atoms with Gasteiger partial charge in [-0.1, -0.05) is 31.3 Å². The number of aromatic amines is 1. The van der Waals surface area contributed by atoms with E-state index in [1.165, 1.54) is 12.8 Å². The maximum atomic E-state index is 12.3. The number of nitrogens with one attached hydrogen (secondary N) is 2. The summed E-state index contributed by atoms with van der Waals surface area (Å²) in [6, 6.07) is 1.66. The third-order valence-electron chi connectivity index (χ3n) is 5.24. The molecule has 8 nitrogen and oxygen atoms in total. The van der Waals surface area contributed by atoms with Crippen molar-refractivity contribution in [1.82, 2.24) is 30.1 Å². The number of rotatable bonds is 7. The summed E-state index contributed by atoms with van der Waals surface area (Å²) in [5.41, 5.74) is 2.16. The lowest BCUT2D eigenvalue weighted by Gasteiger charge is -2.23. The fourth-order valence-corrected chi connectivity index (χ4v) is 3.75. The number of hydrogen-bond acceptors (Lipinski definition) is 6. The number of unbranched alkanes of at least 4 members (excludes halogenated alkanes) is 3. The predicted molar refractivity (Wildman–Crippen MR) is 109 cm³/mol. The van der Waals surface area contributed by atoms with E-state index in [1.54, 1.807) is 12.3 Å². The van der Waals surface area contributed by atoms with Gasteiger partial charge in [-0.3, -0.25) is 4.79 Å². The SMILES string of the molecule is CCCCCCc1nc(-c2cnn3c(C4CCNCC4)cc(=O)[nH]c23)no1.Cl. The Kier molecular flexibility index (Phi) is 6.85. The van der Waals surface area contributed by atoms with Crippen LogP contribution in [0.2, 0.25) is 0 Å². The van der Waals surface area contributed by atoms with Crippen molar-refractivity contribution in [2.75, 3.05) is 13.1 Å². The summed E-state index contributed by atoms with van der Waals surface area (Å²) in [5.74, 6) is 1.44. The first-order valence-electron chi connectivity index (χ1n) is 9.91. The second kappa shape index (κ2) is 9.34. The zero-order valence-corrected chi connectivity index (χ0v) is 16.9. The molecular formula is C19H27ClN6O2. The molecule has 1 aliphatic rings. The van der Waals surface area contributed by atoms with Gasteiger partial charge in [-0.05, 0) is 32.4 Å². The molecule has 3 aromatic rings. The monoisotopic (exact) mass is 406 g/mol. The number of aromatic nitrogens is 5. The van der Waals surface area contributed by atoms with Gasteiger partial charge in [-0.15, -0.1) is 12.4 Å². The van der Waals surface area contributed by atoms with E-state index in [4.69, 9.17) is 4.52 Å². The van der Waals surface area contributed by atoms with E-state index in [0.29, 0.717) is 28.8 Å². The fraction of sp³-hybridized carbons (Fsp3) is 0.579. The molecule has 4 heterocycles. The van der Waals surface area contributed by atoms with Crippen LogP contribution in [0.4, 0.5) is 0 Å². The van der Waals surface area contributed by atoms with Crippen LogP contribution in [-0.4, -0.2) is 37.8 Å². The van der Waals surface area contributed by atoms with Gasteiger partial charge >= 0.3 is 0 Å². The Hall–Kier alpha value is -2.19. The summed E-state index contributed by atoms with van der Waals surface area (Å²) in [4.78, 5) is 19.7. The van der Waals surface area contributed by atoms with Gasteiger partial charge in [-0.25, -0.2) is 4.52 Å². The molecular weight excluding hydrogens is 380 g/mol. The normalized spacial score (nSPS) is 15.0. The lowest BCUT2D eigenvalue weighted by atomic mass is 9.94.